The van der Waals surface area contributed by atoms with Crippen molar-refractivity contribution in [3.63, 3.8) is 0 Å². The Morgan fingerprint density at radius 1 is 1.25 bits per heavy atom. The van der Waals surface area contributed by atoms with Gasteiger partial charge in [-0.05, 0) is 43.0 Å². The zero-order valence-electron chi connectivity index (χ0n) is 9.59. The van der Waals surface area contributed by atoms with E-state index in [9.17, 15) is 5.11 Å². The molecule has 0 saturated heterocycles. The fourth-order valence-electron chi connectivity index (χ4n) is 2.65. The molecule has 0 aromatic heterocycles. The van der Waals surface area contributed by atoms with E-state index in [1.54, 1.807) is 12.1 Å². The monoisotopic (exact) mass is 239 g/mol. The predicted octanol–water partition coefficient (Wildman–Crippen LogP) is 3.47. The largest absolute Gasteiger partial charge is 0.506 e. The van der Waals surface area contributed by atoms with Crippen molar-refractivity contribution in [2.45, 2.75) is 44.6 Å². The van der Waals surface area contributed by atoms with Crippen LogP contribution >= 0.6 is 11.6 Å². The molecular weight excluding hydrogens is 222 g/mol. The molecule has 0 atom stereocenters. The van der Waals surface area contributed by atoms with E-state index in [2.05, 4.69) is 0 Å². The first-order chi connectivity index (χ1) is 7.53. The van der Waals surface area contributed by atoms with Crippen LogP contribution in [0.3, 0.4) is 0 Å². The van der Waals surface area contributed by atoms with Crippen LogP contribution in [0.5, 0.6) is 5.75 Å². The molecule has 0 unspecified atom stereocenters. The number of halogens is 1. The van der Waals surface area contributed by atoms with Crippen molar-refractivity contribution >= 4 is 11.6 Å². The van der Waals surface area contributed by atoms with E-state index in [0.29, 0.717) is 5.02 Å². The minimum absolute atomic E-state index is 0.137. The SMILES string of the molecule is Cc1cc(Cl)c(O)cc1C1(N)CCCCC1. The number of rotatable bonds is 1. The number of benzene rings is 1. The molecule has 1 aliphatic carbocycles. The molecule has 0 heterocycles. The first-order valence-corrected chi connectivity index (χ1v) is 6.19. The Bertz CT molecular complexity index is 397. The van der Waals surface area contributed by atoms with Crippen LogP contribution in [0.1, 0.15) is 43.2 Å². The van der Waals surface area contributed by atoms with E-state index in [1.165, 1.54) is 19.3 Å². The normalized spacial score (nSPS) is 19.7. The summed E-state index contributed by atoms with van der Waals surface area (Å²) in [5.74, 6) is 0.137. The molecule has 16 heavy (non-hydrogen) atoms. The minimum Gasteiger partial charge on any atom is -0.506 e. The van der Waals surface area contributed by atoms with Gasteiger partial charge in [0.2, 0.25) is 0 Å². The lowest BCUT2D eigenvalue weighted by molar-refractivity contribution is 0.300. The molecule has 0 bridgehead atoms. The van der Waals surface area contributed by atoms with Crippen molar-refractivity contribution in [3.8, 4) is 5.75 Å². The lowest BCUT2D eigenvalue weighted by atomic mass is 9.76. The van der Waals surface area contributed by atoms with Crippen LogP contribution < -0.4 is 5.73 Å². The first-order valence-electron chi connectivity index (χ1n) is 5.81. The Kier molecular flexibility index (Phi) is 3.13. The van der Waals surface area contributed by atoms with Gasteiger partial charge in [-0.3, -0.25) is 0 Å². The molecule has 3 N–H and O–H groups in total. The number of nitrogens with two attached hydrogens (primary N) is 1. The second-order valence-electron chi connectivity index (χ2n) is 4.84. The van der Waals surface area contributed by atoms with Crippen molar-refractivity contribution in [3.05, 3.63) is 28.3 Å². The number of aryl methyl sites for hydroxylation is 1. The van der Waals surface area contributed by atoms with Crippen molar-refractivity contribution in [2.24, 2.45) is 5.73 Å². The summed E-state index contributed by atoms with van der Waals surface area (Å²) in [6.45, 7) is 2.00. The summed E-state index contributed by atoms with van der Waals surface area (Å²) in [4.78, 5) is 0. The summed E-state index contributed by atoms with van der Waals surface area (Å²) < 4.78 is 0. The van der Waals surface area contributed by atoms with Gasteiger partial charge in [-0.1, -0.05) is 30.9 Å². The van der Waals surface area contributed by atoms with Crippen molar-refractivity contribution < 1.29 is 5.11 Å². The summed E-state index contributed by atoms with van der Waals surface area (Å²) in [6.07, 6.45) is 5.58. The van der Waals surface area contributed by atoms with Gasteiger partial charge in [0.15, 0.2) is 0 Å². The van der Waals surface area contributed by atoms with Crippen LogP contribution in [0.2, 0.25) is 5.02 Å². The topological polar surface area (TPSA) is 46.2 Å². The predicted molar refractivity (Wildman–Crippen MR) is 66.8 cm³/mol. The third kappa shape index (κ3) is 2.04. The van der Waals surface area contributed by atoms with Gasteiger partial charge in [-0.2, -0.15) is 0 Å². The summed E-state index contributed by atoms with van der Waals surface area (Å²) in [5, 5.41) is 10.1. The Morgan fingerprint density at radius 3 is 2.50 bits per heavy atom. The van der Waals surface area contributed by atoms with Gasteiger partial charge in [-0.15, -0.1) is 0 Å². The van der Waals surface area contributed by atoms with Gasteiger partial charge in [-0.25, -0.2) is 0 Å². The molecule has 88 valence electrons. The molecule has 1 aromatic carbocycles. The van der Waals surface area contributed by atoms with E-state index in [-0.39, 0.29) is 11.3 Å². The van der Waals surface area contributed by atoms with E-state index in [0.717, 1.165) is 24.0 Å². The molecule has 1 aliphatic rings. The number of hydrogen-bond donors (Lipinski definition) is 2. The minimum atomic E-state index is -0.273. The van der Waals surface area contributed by atoms with Crippen LogP contribution in [0.15, 0.2) is 12.1 Å². The standard InChI is InChI=1S/C13H18ClNO/c1-9-7-11(14)12(16)8-10(9)13(15)5-3-2-4-6-13/h7-8,16H,2-6,15H2,1H3. The first kappa shape index (κ1) is 11.7. The highest BCUT2D eigenvalue weighted by molar-refractivity contribution is 6.32. The number of phenols is 1. The Labute approximate surface area is 101 Å². The number of aromatic hydroxyl groups is 1. The van der Waals surface area contributed by atoms with Gasteiger partial charge >= 0.3 is 0 Å². The second kappa shape index (κ2) is 4.27. The summed E-state index contributed by atoms with van der Waals surface area (Å²) >= 11 is 5.88. The third-order valence-electron chi connectivity index (χ3n) is 3.58. The highest BCUT2D eigenvalue weighted by atomic mass is 35.5. The van der Waals surface area contributed by atoms with Crippen LogP contribution in [-0.4, -0.2) is 5.11 Å². The van der Waals surface area contributed by atoms with Crippen LogP contribution in [0, 0.1) is 6.92 Å². The molecule has 1 fully saturated rings. The zero-order chi connectivity index (χ0) is 11.8. The summed E-state index contributed by atoms with van der Waals surface area (Å²) in [6, 6.07) is 3.54. The summed E-state index contributed by atoms with van der Waals surface area (Å²) in [5.41, 5.74) is 8.30. The molecule has 0 radical (unpaired) electrons. The average Bonchev–Trinajstić information content (AvgIpc) is 2.24. The van der Waals surface area contributed by atoms with Gasteiger partial charge < -0.3 is 10.8 Å². The van der Waals surface area contributed by atoms with Crippen molar-refractivity contribution in [1.82, 2.24) is 0 Å². The second-order valence-corrected chi connectivity index (χ2v) is 5.24. The van der Waals surface area contributed by atoms with Crippen LogP contribution in [0.4, 0.5) is 0 Å². The average molecular weight is 240 g/mol. The molecule has 1 aromatic rings. The van der Waals surface area contributed by atoms with Crippen molar-refractivity contribution in [2.75, 3.05) is 0 Å². The van der Waals surface area contributed by atoms with E-state index < -0.39 is 0 Å². The van der Waals surface area contributed by atoms with Crippen LogP contribution in [0.25, 0.3) is 0 Å². The smallest absolute Gasteiger partial charge is 0.134 e. The van der Waals surface area contributed by atoms with E-state index in [1.807, 2.05) is 6.92 Å². The van der Waals surface area contributed by atoms with E-state index in [4.69, 9.17) is 17.3 Å². The molecule has 0 spiro atoms. The summed E-state index contributed by atoms with van der Waals surface area (Å²) in [7, 11) is 0. The molecular formula is C13H18ClNO. The third-order valence-corrected chi connectivity index (χ3v) is 3.88. The maximum absolute atomic E-state index is 9.68. The molecule has 0 aliphatic heterocycles. The molecule has 1 saturated carbocycles. The maximum atomic E-state index is 9.68. The van der Waals surface area contributed by atoms with Gasteiger partial charge in [0, 0.05) is 5.54 Å². The molecule has 3 heteroatoms. The number of hydrogen-bond acceptors (Lipinski definition) is 2. The van der Waals surface area contributed by atoms with Gasteiger partial charge in [0.05, 0.1) is 5.02 Å². The number of phenolic OH excluding ortho intramolecular Hbond substituents is 1. The van der Waals surface area contributed by atoms with Crippen LogP contribution in [-0.2, 0) is 5.54 Å². The highest BCUT2D eigenvalue weighted by Gasteiger charge is 2.31. The lowest BCUT2D eigenvalue weighted by Gasteiger charge is -2.35. The molecule has 2 nitrogen and oxygen atoms in total. The Hall–Kier alpha value is -0.730. The Balaban J connectivity index is 2.42. The lowest BCUT2D eigenvalue weighted by Crippen LogP contribution is -2.39. The fraction of sp³-hybridized carbons (Fsp3) is 0.538. The zero-order valence-corrected chi connectivity index (χ0v) is 10.3. The quantitative estimate of drug-likeness (QED) is 0.788. The van der Waals surface area contributed by atoms with Gasteiger partial charge in [0.1, 0.15) is 5.75 Å². The Morgan fingerprint density at radius 2 is 1.88 bits per heavy atom. The maximum Gasteiger partial charge on any atom is 0.134 e. The van der Waals surface area contributed by atoms with E-state index >= 15 is 0 Å². The molecule has 2 rings (SSSR count). The molecule has 0 amide bonds. The van der Waals surface area contributed by atoms with Gasteiger partial charge in [0.25, 0.3) is 0 Å². The van der Waals surface area contributed by atoms with Crippen molar-refractivity contribution in [1.29, 1.82) is 0 Å². The highest BCUT2D eigenvalue weighted by Crippen LogP contribution is 2.39. The fourth-order valence-corrected chi connectivity index (χ4v) is 2.87.